The molecule has 1 N–H and O–H groups in total. The van der Waals surface area contributed by atoms with E-state index in [-0.39, 0.29) is 0 Å². The van der Waals surface area contributed by atoms with Crippen molar-refractivity contribution in [2.75, 3.05) is 26.2 Å². The molecular weight excluding hydrogens is 150 g/mol. The molecule has 3 nitrogen and oxygen atoms in total. The Morgan fingerprint density at radius 1 is 1.42 bits per heavy atom. The van der Waals surface area contributed by atoms with Crippen LogP contribution in [0.4, 0.5) is 0 Å². The Bertz CT molecular complexity index is 135. The lowest BCUT2D eigenvalue weighted by molar-refractivity contribution is 0.274. The van der Waals surface area contributed by atoms with E-state index in [1.165, 1.54) is 0 Å². The first kappa shape index (κ1) is 11.4. The molecule has 0 fully saturated rings. The Labute approximate surface area is 75.4 Å². The van der Waals surface area contributed by atoms with Gasteiger partial charge in [0.05, 0.1) is 12.6 Å². The van der Waals surface area contributed by atoms with Crippen molar-refractivity contribution in [2.45, 2.75) is 26.8 Å². The fourth-order valence-corrected chi connectivity index (χ4v) is 1.15. The summed E-state index contributed by atoms with van der Waals surface area (Å²) in [6.45, 7) is 10.0. The Balaban J connectivity index is 3.52. The van der Waals surface area contributed by atoms with E-state index < -0.39 is 0 Å². The fourth-order valence-electron chi connectivity index (χ4n) is 1.15. The molecule has 3 heteroatoms. The number of nitrogens with zero attached hydrogens (tertiary/aromatic N) is 2. The second-order valence-electron chi connectivity index (χ2n) is 2.93. The van der Waals surface area contributed by atoms with Gasteiger partial charge < -0.3 is 10.2 Å². The third kappa shape index (κ3) is 5.11. The number of hydrogen-bond acceptors (Lipinski definition) is 3. The van der Waals surface area contributed by atoms with E-state index in [9.17, 15) is 0 Å². The van der Waals surface area contributed by atoms with Gasteiger partial charge in [-0.3, -0.25) is 0 Å². The third-order valence-electron chi connectivity index (χ3n) is 1.96. The Kier molecular flexibility index (Phi) is 6.73. The van der Waals surface area contributed by atoms with Gasteiger partial charge in [-0.2, -0.15) is 5.26 Å². The average molecular weight is 169 g/mol. The number of rotatable bonds is 6. The van der Waals surface area contributed by atoms with Crippen LogP contribution in [-0.2, 0) is 0 Å². The Hall–Kier alpha value is -0.590. The lowest BCUT2D eigenvalue weighted by atomic mass is 10.3. The first-order valence-electron chi connectivity index (χ1n) is 4.57. The molecule has 1 atom stereocenters. The third-order valence-corrected chi connectivity index (χ3v) is 1.96. The van der Waals surface area contributed by atoms with Crippen LogP contribution >= 0.6 is 0 Å². The highest BCUT2D eigenvalue weighted by atomic mass is 15.1. The van der Waals surface area contributed by atoms with Crippen LogP contribution in [0, 0.1) is 11.3 Å². The molecule has 0 aliphatic heterocycles. The number of likely N-dealkylation sites (N-methyl/N-ethyl adjacent to an activating group) is 1. The van der Waals surface area contributed by atoms with Crippen molar-refractivity contribution < 1.29 is 0 Å². The normalized spacial score (nSPS) is 12.9. The van der Waals surface area contributed by atoms with Gasteiger partial charge in [-0.1, -0.05) is 13.8 Å². The molecule has 0 heterocycles. The second kappa shape index (κ2) is 7.08. The summed E-state index contributed by atoms with van der Waals surface area (Å²) in [7, 11) is 0. The molecule has 0 aromatic rings. The highest BCUT2D eigenvalue weighted by Gasteiger charge is 2.04. The van der Waals surface area contributed by atoms with Gasteiger partial charge in [0.2, 0.25) is 0 Å². The average Bonchev–Trinajstić information content (AvgIpc) is 2.10. The van der Waals surface area contributed by atoms with E-state index in [0.29, 0.717) is 12.6 Å². The smallest absolute Gasteiger partial charge is 0.0843 e. The standard InChI is InChI=1S/C9H19N3/c1-4-12(5-2)8-9(3)11-7-6-10/h9,11H,4-5,7-8H2,1-3H3. The van der Waals surface area contributed by atoms with Crippen molar-refractivity contribution in [1.82, 2.24) is 10.2 Å². The van der Waals surface area contributed by atoms with Gasteiger partial charge in [0.1, 0.15) is 0 Å². The monoisotopic (exact) mass is 169 g/mol. The zero-order valence-electron chi connectivity index (χ0n) is 8.30. The summed E-state index contributed by atoms with van der Waals surface area (Å²) in [5.41, 5.74) is 0. The van der Waals surface area contributed by atoms with E-state index in [1.54, 1.807) is 0 Å². The maximum absolute atomic E-state index is 8.34. The van der Waals surface area contributed by atoms with E-state index in [0.717, 1.165) is 19.6 Å². The fraction of sp³-hybridized carbons (Fsp3) is 0.889. The van der Waals surface area contributed by atoms with E-state index in [1.807, 2.05) is 0 Å². The van der Waals surface area contributed by atoms with Crippen molar-refractivity contribution in [3.63, 3.8) is 0 Å². The van der Waals surface area contributed by atoms with Crippen molar-refractivity contribution in [3.05, 3.63) is 0 Å². The van der Waals surface area contributed by atoms with Gasteiger partial charge in [0, 0.05) is 12.6 Å². The molecule has 0 radical (unpaired) electrons. The predicted octanol–water partition coefficient (Wildman–Crippen LogP) is 0.830. The van der Waals surface area contributed by atoms with Crippen LogP contribution in [0.5, 0.6) is 0 Å². The van der Waals surface area contributed by atoms with Crippen molar-refractivity contribution in [3.8, 4) is 6.07 Å². The van der Waals surface area contributed by atoms with Crippen LogP contribution in [0.15, 0.2) is 0 Å². The molecule has 12 heavy (non-hydrogen) atoms. The lowest BCUT2D eigenvalue weighted by Gasteiger charge is -2.22. The molecule has 0 aliphatic rings. The minimum absolute atomic E-state index is 0.407. The van der Waals surface area contributed by atoms with E-state index in [2.05, 4.69) is 37.1 Å². The summed E-state index contributed by atoms with van der Waals surface area (Å²) in [6.07, 6.45) is 0. The Morgan fingerprint density at radius 3 is 2.42 bits per heavy atom. The van der Waals surface area contributed by atoms with Gasteiger partial charge in [-0.25, -0.2) is 0 Å². The van der Waals surface area contributed by atoms with Crippen LogP contribution in [0.2, 0.25) is 0 Å². The SMILES string of the molecule is CCN(CC)CC(C)NCC#N. The highest BCUT2D eigenvalue weighted by molar-refractivity contribution is 4.77. The molecule has 0 rings (SSSR count). The van der Waals surface area contributed by atoms with E-state index >= 15 is 0 Å². The molecule has 0 amide bonds. The quantitative estimate of drug-likeness (QED) is 0.599. The predicted molar refractivity (Wildman–Crippen MR) is 50.9 cm³/mol. The largest absolute Gasteiger partial charge is 0.302 e. The number of nitrogens with one attached hydrogen (secondary N) is 1. The molecule has 0 aliphatic carbocycles. The van der Waals surface area contributed by atoms with Crippen LogP contribution in [0.1, 0.15) is 20.8 Å². The lowest BCUT2D eigenvalue weighted by Crippen LogP contribution is -2.39. The maximum atomic E-state index is 8.34. The van der Waals surface area contributed by atoms with Crippen molar-refractivity contribution in [2.24, 2.45) is 0 Å². The molecule has 70 valence electrons. The van der Waals surface area contributed by atoms with Gasteiger partial charge in [-0.05, 0) is 20.0 Å². The first-order chi connectivity index (χ1) is 5.74. The minimum atomic E-state index is 0.407. The minimum Gasteiger partial charge on any atom is -0.302 e. The molecule has 0 aromatic heterocycles. The summed E-state index contributed by atoms with van der Waals surface area (Å²) in [4.78, 5) is 2.34. The first-order valence-corrected chi connectivity index (χ1v) is 4.57. The summed E-state index contributed by atoms with van der Waals surface area (Å²) in [6, 6.07) is 2.49. The van der Waals surface area contributed by atoms with Gasteiger partial charge in [0.15, 0.2) is 0 Å². The number of nitriles is 1. The zero-order valence-corrected chi connectivity index (χ0v) is 8.30. The molecule has 0 bridgehead atoms. The summed E-state index contributed by atoms with van der Waals surface area (Å²) in [5.74, 6) is 0. The van der Waals surface area contributed by atoms with E-state index in [4.69, 9.17) is 5.26 Å². The molecule has 0 aromatic carbocycles. The molecular formula is C9H19N3. The molecule has 1 unspecified atom stereocenters. The topological polar surface area (TPSA) is 39.1 Å². The van der Waals surface area contributed by atoms with Crippen LogP contribution in [0.25, 0.3) is 0 Å². The van der Waals surface area contributed by atoms with Crippen molar-refractivity contribution >= 4 is 0 Å². The molecule has 0 saturated carbocycles. The van der Waals surface area contributed by atoms with Crippen molar-refractivity contribution in [1.29, 1.82) is 5.26 Å². The zero-order chi connectivity index (χ0) is 9.40. The van der Waals surface area contributed by atoms with Crippen LogP contribution in [0.3, 0.4) is 0 Å². The van der Waals surface area contributed by atoms with Crippen LogP contribution in [-0.4, -0.2) is 37.1 Å². The number of hydrogen-bond donors (Lipinski definition) is 1. The molecule has 0 saturated heterocycles. The summed E-state index contributed by atoms with van der Waals surface area (Å²) >= 11 is 0. The van der Waals surface area contributed by atoms with Gasteiger partial charge in [0.25, 0.3) is 0 Å². The second-order valence-corrected chi connectivity index (χ2v) is 2.93. The van der Waals surface area contributed by atoms with Gasteiger partial charge >= 0.3 is 0 Å². The summed E-state index contributed by atoms with van der Waals surface area (Å²) in [5, 5.41) is 11.5. The Morgan fingerprint density at radius 2 is 2.00 bits per heavy atom. The van der Waals surface area contributed by atoms with Crippen LogP contribution < -0.4 is 5.32 Å². The maximum Gasteiger partial charge on any atom is 0.0843 e. The summed E-state index contributed by atoms with van der Waals surface area (Å²) < 4.78 is 0. The molecule has 0 spiro atoms. The van der Waals surface area contributed by atoms with Gasteiger partial charge in [-0.15, -0.1) is 0 Å². The highest BCUT2D eigenvalue weighted by Crippen LogP contribution is 1.90.